The number of halogens is 1. The Kier molecular flexibility index (Phi) is 9.93. The molecular weight excluding hydrogens is 522 g/mol. The number of carbonyl (C=O) groups is 2. The molecular formula is C24H32BrN3O5S. The summed E-state index contributed by atoms with van der Waals surface area (Å²) in [4.78, 5) is 27.7. The Morgan fingerprint density at radius 2 is 1.76 bits per heavy atom. The number of rotatable bonds is 11. The maximum absolute atomic E-state index is 13.6. The Morgan fingerprint density at radius 1 is 1.09 bits per heavy atom. The summed E-state index contributed by atoms with van der Waals surface area (Å²) in [7, 11) is -3.83. The van der Waals surface area contributed by atoms with E-state index in [1.165, 1.54) is 4.90 Å². The molecule has 0 saturated carbocycles. The molecule has 0 fully saturated rings. The van der Waals surface area contributed by atoms with E-state index < -0.39 is 28.5 Å². The van der Waals surface area contributed by atoms with Gasteiger partial charge in [0.1, 0.15) is 18.3 Å². The van der Waals surface area contributed by atoms with E-state index in [0.717, 1.165) is 20.6 Å². The molecule has 1 unspecified atom stereocenters. The van der Waals surface area contributed by atoms with E-state index in [-0.39, 0.29) is 24.2 Å². The summed E-state index contributed by atoms with van der Waals surface area (Å²) >= 11 is 3.42. The molecule has 1 N–H and O–H groups in total. The highest BCUT2D eigenvalue weighted by atomic mass is 79.9. The van der Waals surface area contributed by atoms with Gasteiger partial charge in [-0.2, -0.15) is 0 Å². The van der Waals surface area contributed by atoms with Gasteiger partial charge in [0.2, 0.25) is 21.8 Å². The molecule has 10 heteroatoms. The van der Waals surface area contributed by atoms with E-state index in [0.29, 0.717) is 12.4 Å². The number of nitrogens with one attached hydrogen (secondary N) is 1. The Hall–Kier alpha value is -2.59. The third-order valence-corrected chi connectivity index (χ3v) is 6.57. The summed E-state index contributed by atoms with van der Waals surface area (Å²) in [6.07, 6.45) is 1.04. The molecule has 2 aromatic carbocycles. The van der Waals surface area contributed by atoms with Crippen LogP contribution in [-0.2, 0) is 26.2 Å². The molecule has 2 amide bonds. The van der Waals surface area contributed by atoms with Crippen molar-refractivity contribution in [2.45, 2.75) is 46.3 Å². The largest absolute Gasteiger partial charge is 0.492 e. The van der Waals surface area contributed by atoms with E-state index in [1.807, 2.05) is 38.1 Å². The first kappa shape index (κ1) is 27.7. The second-order valence-corrected chi connectivity index (χ2v) is 11.0. The maximum atomic E-state index is 13.6. The summed E-state index contributed by atoms with van der Waals surface area (Å²) < 4.78 is 32.9. The molecule has 0 aromatic heterocycles. The Bertz CT molecular complexity index is 1110. The Morgan fingerprint density at radius 3 is 2.35 bits per heavy atom. The van der Waals surface area contributed by atoms with Crippen LogP contribution in [0.25, 0.3) is 0 Å². The number of benzene rings is 2. The SMILES string of the molecule is CCOc1ccccc1N(CC(=O)N(Cc1cccc(Br)c1)C(C)C(=O)NC(C)C)S(C)(=O)=O. The number of sulfonamides is 1. The van der Waals surface area contributed by atoms with Crippen LogP contribution in [-0.4, -0.2) is 56.6 Å². The summed E-state index contributed by atoms with van der Waals surface area (Å²) in [5.74, 6) is -0.477. The Balaban J connectivity index is 2.44. The predicted octanol–water partition coefficient (Wildman–Crippen LogP) is 3.56. The highest BCUT2D eigenvalue weighted by Crippen LogP contribution is 2.30. The monoisotopic (exact) mass is 553 g/mol. The first-order valence-electron chi connectivity index (χ1n) is 11.0. The third-order valence-electron chi connectivity index (χ3n) is 4.95. The number of para-hydroxylation sites is 2. The van der Waals surface area contributed by atoms with Crippen molar-refractivity contribution in [1.29, 1.82) is 0 Å². The van der Waals surface area contributed by atoms with Gasteiger partial charge in [0.25, 0.3) is 0 Å². The van der Waals surface area contributed by atoms with Crippen molar-refractivity contribution >= 4 is 43.5 Å². The molecule has 8 nitrogen and oxygen atoms in total. The zero-order valence-electron chi connectivity index (χ0n) is 20.1. The lowest BCUT2D eigenvalue weighted by atomic mass is 10.1. The van der Waals surface area contributed by atoms with Gasteiger partial charge in [-0.15, -0.1) is 0 Å². The predicted molar refractivity (Wildman–Crippen MR) is 137 cm³/mol. The average molecular weight is 555 g/mol. The summed E-state index contributed by atoms with van der Waals surface area (Å²) in [5.41, 5.74) is 1.06. The van der Waals surface area contributed by atoms with E-state index in [1.54, 1.807) is 38.1 Å². The van der Waals surface area contributed by atoms with E-state index in [2.05, 4.69) is 21.2 Å². The first-order chi connectivity index (χ1) is 15.9. The van der Waals surface area contributed by atoms with Crippen LogP contribution in [0.4, 0.5) is 5.69 Å². The number of amides is 2. The number of ether oxygens (including phenoxy) is 1. The van der Waals surface area contributed by atoms with Crippen molar-refractivity contribution < 1.29 is 22.7 Å². The fraction of sp³-hybridized carbons (Fsp3) is 0.417. The van der Waals surface area contributed by atoms with E-state index in [9.17, 15) is 18.0 Å². The molecule has 0 bridgehead atoms. The summed E-state index contributed by atoms with van der Waals surface area (Å²) in [5, 5.41) is 2.82. The lowest BCUT2D eigenvalue weighted by molar-refractivity contribution is -0.139. The fourth-order valence-corrected chi connectivity index (χ4v) is 4.66. The number of hydrogen-bond acceptors (Lipinski definition) is 5. The molecule has 0 saturated heterocycles. The van der Waals surface area contributed by atoms with Crippen LogP contribution in [0.15, 0.2) is 53.0 Å². The topological polar surface area (TPSA) is 96.0 Å². The first-order valence-corrected chi connectivity index (χ1v) is 13.6. The molecule has 0 radical (unpaired) electrons. The minimum Gasteiger partial charge on any atom is -0.492 e. The minimum absolute atomic E-state index is 0.108. The molecule has 0 aliphatic heterocycles. The minimum atomic E-state index is -3.83. The highest BCUT2D eigenvalue weighted by Gasteiger charge is 2.31. The smallest absolute Gasteiger partial charge is 0.244 e. The van der Waals surface area contributed by atoms with Crippen LogP contribution < -0.4 is 14.4 Å². The van der Waals surface area contributed by atoms with Gasteiger partial charge < -0.3 is 15.0 Å². The van der Waals surface area contributed by atoms with Gasteiger partial charge in [-0.05, 0) is 57.5 Å². The van der Waals surface area contributed by atoms with Gasteiger partial charge in [0, 0.05) is 17.1 Å². The molecule has 0 aliphatic carbocycles. The van der Waals surface area contributed by atoms with Crippen molar-refractivity contribution in [2.24, 2.45) is 0 Å². The molecule has 2 aromatic rings. The summed E-state index contributed by atoms with van der Waals surface area (Å²) in [6.45, 7) is 7.09. The van der Waals surface area contributed by atoms with Gasteiger partial charge >= 0.3 is 0 Å². The van der Waals surface area contributed by atoms with Crippen molar-refractivity contribution in [2.75, 3.05) is 23.7 Å². The molecule has 34 heavy (non-hydrogen) atoms. The maximum Gasteiger partial charge on any atom is 0.244 e. The van der Waals surface area contributed by atoms with Gasteiger partial charge in [0.15, 0.2) is 0 Å². The molecule has 1 atom stereocenters. The molecule has 0 aliphatic rings. The molecule has 186 valence electrons. The van der Waals surface area contributed by atoms with Crippen LogP contribution in [0.5, 0.6) is 5.75 Å². The van der Waals surface area contributed by atoms with Crippen LogP contribution in [0.2, 0.25) is 0 Å². The Labute approximate surface area is 210 Å². The lowest BCUT2D eigenvalue weighted by Crippen LogP contribution is -2.52. The zero-order chi connectivity index (χ0) is 25.5. The van der Waals surface area contributed by atoms with Crippen LogP contribution >= 0.6 is 15.9 Å². The van der Waals surface area contributed by atoms with Gasteiger partial charge in [-0.3, -0.25) is 13.9 Å². The van der Waals surface area contributed by atoms with Gasteiger partial charge in [0.05, 0.1) is 18.6 Å². The summed E-state index contributed by atoms with van der Waals surface area (Å²) in [6, 6.07) is 13.1. The average Bonchev–Trinajstić information content (AvgIpc) is 2.75. The molecule has 0 spiro atoms. The van der Waals surface area contributed by atoms with E-state index >= 15 is 0 Å². The van der Waals surface area contributed by atoms with Crippen molar-refractivity contribution in [3.8, 4) is 5.75 Å². The highest BCUT2D eigenvalue weighted by molar-refractivity contribution is 9.10. The standard InChI is InChI=1S/C24H32BrN3O5S/c1-6-33-22-13-8-7-12-21(22)28(34(5,31)32)16-23(29)27(18(4)24(30)26-17(2)3)15-19-10-9-11-20(25)14-19/h7-14,17-18H,6,15-16H2,1-5H3,(H,26,30). The van der Waals surface area contributed by atoms with Crippen LogP contribution in [0.3, 0.4) is 0 Å². The van der Waals surface area contributed by atoms with Crippen molar-refractivity contribution in [3.63, 3.8) is 0 Å². The lowest BCUT2D eigenvalue weighted by Gasteiger charge is -2.32. The number of anilines is 1. The van der Waals surface area contributed by atoms with Crippen LogP contribution in [0.1, 0.15) is 33.3 Å². The number of nitrogens with zero attached hydrogens (tertiary/aromatic N) is 2. The van der Waals surface area contributed by atoms with Crippen LogP contribution in [0, 0.1) is 0 Å². The van der Waals surface area contributed by atoms with Crippen molar-refractivity contribution in [1.82, 2.24) is 10.2 Å². The van der Waals surface area contributed by atoms with E-state index in [4.69, 9.17) is 4.74 Å². The number of hydrogen-bond donors (Lipinski definition) is 1. The van der Waals surface area contributed by atoms with Gasteiger partial charge in [-0.25, -0.2) is 8.42 Å². The quantitative estimate of drug-likeness (QED) is 0.459. The second-order valence-electron chi connectivity index (χ2n) is 8.16. The molecule has 0 heterocycles. The second kappa shape index (κ2) is 12.2. The van der Waals surface area contributed by atoms with Gasteiger partial charge in [-0.1, -0.05) is 40.2 Å². The zero-order valence-corrected chi connectivity index (χ0v) is 22.5. The number of carbonyl (C=O) groups excluding carboxylic acids is 2. The van der Waals surface area contributed by atoms with Crippen molar-refractivity contribution in [3.05, 3.63) is 58.6 Å². The third kappa shape index (κ3) is 7.73. The molecule has 2 rings (SSSR count). The normalized spacial score (nSPS) is 12.2. The fourth-order valence-electron chi connectivity index (χ4n) is 3.36.